The van der Waals surface area contributed by atoms with Gasteiger partial charge in [-0.15, -0.1) is 0 Å². The Morgan fingerprint density at radius 1 is 1.38 bits per heavy atom. The summed E-state index contributed by atoms with van der Waals surface area (Å²) in [6.45, 7) is 0. The van der Waals surface area contributed by atoms with Crippen LogP contribution in [0.15, 0.2) is 23.0 Å². The molecule has 0 spiro atoms. The lowest BCUT2D eigenvalue weighted by Crippen LogP contribution is -2.33. The number of methoxy groups -OCH3 is 1. The highest BCUT2D eigenvalue weighted by molar-refractivity contribution is 7.85. The molecular formula is C13H11N3O7S. The van der Waals surface area contributed by atoms with Gasteiger partial charge in [-0.1, -0.05) is 0 Å². The van der Waals surface area contributed by atoms with Crippen molar-refractivity contribution in [2.24, 2.45) is 7.05 Å². The van der Waals surface area contributed by atoms with Gasteiger partial charge in [0.2, 0.25) is 0 Å². The third-order valence-corrected chi connectivity index (χ3v) is 3.88. The van der Waals surface area contributed by atoms with Gasteiger partial charge < -0.3 is 14.0 Å². The number of carbonyl (C=O) groups is 1. The molecule has 0 aliphatic carbocycles. The second-order valence-corrected chi connectivity index (χ2v) is 5.79. The molecule has 2 aromatic rings. The first-order chi connectivity index (χ1) is 11.2. The fourth-order valence-electron chi connectivity index (χ4n) is 2.03. The van der Waals surface area contributed by atoms with Gasteiger partial charge in [-0.3, -0.25) is 9.36 Å². The van der Waals surface area contributed by atoms with Crippen molar-refractivity contribution in [3.05, 3.63) is 34.2 Å². The Kier molecular flexibility index (Phi) is 4.34. The van der Waals surface area contributed by atoms with E-state index in [0.717, 1.165) is 4.57 Å². The normalized spacial score (nSPS) is 10.9. The second kappa shape index (κ2) is 6.09. The lowest BCUT2D eigenvalue weighted by molar-refractivity contribution is 0.200. The molecule has 1 amide bonds. The third-order valence-electron chi connectivity index (χ3n) is 3.07. The number of nitriles is 1. The minimum atomic E-state index is -4.76. The molecule has 1 aromatic heterocycles. The van der Waals surface area contributed by atoms with Crippen LogP contribution >= 0.6 is 0 Å². The number of fused-ring (bicyclic) bond motifs is 1. The van der Waals surface area contributed by atoms with E-state index in [1.165, 1.54) is 37.1 Å². The molecule has 0 atom stereocenters. The SMILES string of the molecule is COc1ccc2c(=O)n(C)c(C#N)c(OS(=O)(=O)NC(=O)O)c2c1. The zero-order valence-electron chi connectivity index (χ0n) is 12.4. The van der Waals surface area contributed by atoms with Crippen LogP contribution in [0.3, 0.4) is 0 Å². The maximum absolute atomic E-state index is 12.3. The van der Waals surface area contributed by atoms with Crippen molar-refractivity contribution in [2.75, 3.05) is 7.11 Å². The lowest BCUT2D eigenvalue weighted by atomic mass is 10.1. The van der Waals surface area contributed by atoms with Gasteiger partial charge in [0.15, 0.2) is 11.4 Å². The van der Waals surface area contributed by atoms with E-state index in [1.807, 2.05) is 0 Å². The number of aromatic nitrogens is 1. The van der Waals surface area contributed by atoms with Gasteiger partial charge >= 0.3 is 16.4 Å². The smallest absolute Gasteiger partial charge is 0.421 e. The van der Waals surface area contributed by atoms with Crippen molar-refractivity contribution in [3.8, 4) is 17.6 Å². The highest BCUT2D eigenvalue weighted by Gasteiger charge is 2.23. The maximum Gasteiger partial charge on any atom is 0.421 e. The number of carboxylic acid groups (broad SMARTS) is 1. The predicted octanol–water partition coefficient (Wildman–Crippen LogP) is 0.310. The second-order valence-electron chi connectivity index (χ2n) is 4.51. The number of ether oxygens (including phenoxy) is 1. The Morgan fingerprint density at radius 2 is 2.04 bits per heavy atom. The van der Waals surface area contributed by atoms with E-state index in [1.54, 1.807) is 6.07 Å². The average Bonchev–Trinajstić information content (AvgIpc) is 2.50. The summed E-state index contributed by atoms with van der Waals surface area (Å²) in [7, 11) is -2.15. The van der Waals surface area contributed by atoms with Crippen molar-refractivity contribution in [3.63, 3.8) is 0 Å². The van der Waals surface area contributed by atoms with Crippen LogP contribution in [0.1, 0.15) is 5.69 Å². The molecule has 11 heteroatoms. The molecule has 1 aromatic carbocycles. The molecule has 0 radical (unpaired) electrons. The monoisotopic (exact) mass is 353 g/mol. The quantitative estimate of drug-likeness (QED) is 0.798. The van der Waals surface area contributed by atoms with Crippen molar-refractivity contribution in [1.29, 1.82) is 5.26 Å². The number of hydrogen-bond acceptors (Lipinski definition) is 7. The van der Waals surface area contributed by atoms with E-state index in [9.17, 15) is 23.3 Å². The molecule has 0 unspecified atom stereocenters. The number of pyridine rings is 1. The molecule has 10 nitrogen and oxygen atoms in total. The minimum absolute atomic E-state index is 0.00948. The first-order valence-corrected chi connectivity index (χ1v) is 7.67. The maximum atomic E-state index is 12.3. The summed E-state index contributed by atoms with van der Waals surface area (Å²) in [5.74, 6) is -0.199. The molecule has 0 saturated carbocycles. The van der Waals surface area contributed by atoms with Gasteiger partial charge in [-0.25, -0.2) is 4.79 Å². The summed E-state index contributed by atoms with van der Waals surface area (Å²) < 4.78 is 35.3. The van der Waals surface area contributed by atoms with Crippen LogP contribution in [0, 0.1) is 11.3 Å². The van der Waals surface area contributed by atoms with Crippen LogP contribution in [-0.2, 0) is 17.4 Å². The molecule has 0 aliphatic rings. The van der Waals surface area contributed by atoms with E-state index in [2.05, 4.69) is 0 Å². The highest BCUT2D eigenvalue weighted by atomic mass is 32.2. The molecule has 0 aliphatic heterocycles. The fraction of sp³-hybridized carbons (Fsp3) is 0.154. The Morgan fingerprint density at radius 3 is 2.58 bits per heavy atom. The van der Waals surface area contributed by atoms with Gasteiger partial charge in [-0.05, 0) is 18.2 Å². The van der Waals surface area contributed by atoms with Crippen molar-refractivity contribution < 1.29 is 27.2 Å². The predicted molar refractivity (Wildman–Crippen MR) is 81.2 cm³/mol. The van der Waals surface area contributed by atoms with Crippen LogP contribution < -0.4 is 19.2 Å². The van der Waals surface area contributed by atoms with Gasteiger partial charge in [0.1, 0.15) is 11.8 Å². The molecule has 126 valence electrons. The lowest BCUT2D eigenvalue weighted by Gasteiger charge is -2.13. The molecule has 24 heavy (non-hydrogen) atoms. The zero-order valence-corrected chi connectivity index (χ0v) is 13.2. The number of benzene rings is 1. The fourth-order valence-corrected chi connectivity index (χ4v) is 2.68. The number of nitrogens with zero attached hydrogens (tertiary/aromatic N) is 2. The Balaban J connectivity index is 2.84. The van der Waals surface area contributed by atoms with Crippen molar-refractivity contribution in [1.82, 2.24) is 9.29 Å². The van der Waals surface area contributed by atoms with E-state index < -0.39 is 33.4 Å². The third kappa shape index (κ3) is 3.08. The van der Waals surface area contributed by atoms with E-state index >= 15 is 0 Å². The van der Waals surface area contributed by atoms with E-state index in [4.69, 9.17) is 14.0 Å². The van der Waals surface area contributed by atoms with E-state index in [0.29, 0.717) is 0 Å². The molecule has 0 fully saturated rings. The summed E-state index contributed by atoms with van der Waals surface area (Å²) in [4.78, 5) is 22.8. The van der Waals surface area contributed by atoms with Gasteiger partial charge in [0.25, 0.3) is 5.56 Å². The summed E-state index contributed by atoms with van der Waals surface area (Å²) in [6, 6.07) is 5.83. The number of amides is 1. The standard InChI is InChI=1S/C13H11N3O7S/c1-16-10(6-14)11(23-24(20,21)15-13(18)19)9-5-7(22-2)3-4-8(9)12(16)17/h3-5,15H,1-2H3,(H,18,19). The molecule has 2 N–H and O–H groups in total. The van der Waals surface area contributed by atoms with Crippen LogP contribution in [0.5, 0.6) is 11.5 Å². The van der Waals surface area contributed by atoms with E-state index in [-0.39, 0.29) is 16.5 Å². The summed E-state index contributed by atoms with van der Waals surface area (Å²) in [6.07, 6.45) is -1.86. The van der Waals surface area contributed by atoms with Gasteiger partial charge in [-0.2, -0.15) is 18.4 Å². The molecular weight excluding hydrogens is 342 g/mol. The summed E-state index contributed by atoms with van der Waals surface area (Å²) in [5.41, 5.74) is -0.948. The Bertz CT molecular complexity index is 1030. The van der Waals surface area contributed by atoms with Gasteiger partial charge in [0, 0.05) is 12.4 Å². The molecule has 1 heterocycles. The number of rotatable bonds is 4. The zero-order chi connectivity index (χ0) is 18.1. The summed E-state index contributed by atoms with van der Waals surface area (Å²) in [5, 5.41) is 17.8. The van der Waals surface area contributed by atoms with Crippen molar-refractivity contribution >= 4 is 27.2 Å². The number of hydrogen-bond donors (Lipinski definition) is 2. The molecule has 0 saturated heterocycles. The first kappa shape index (κ1) is 17.1. The van der Waals surface area contributed by atoms with Crippen LogP contribution in [0.2, 0.25) is 0 Å². The molecule has 2 rings (SSSR count). The minimum Gasteiger partial charge on any atom is -0.497 e. The van der Waals surface area contributed by atoms with Crippen LogP contribution in [-0.4, -0.2) is 31.3 Å². The first-order valence-electron chi connectivity index (χ1n) is 6.26. The highest BCUT2D eigenvalue weighted by Crippen LogP contribution is 2.31. The van der Waals surface area contributed by atoms with Crippen LogP contribution in [0.25, 0.3) is 10.8 Å². The Hall–Kier alpha value is -3.26. The Labute approximate surface area is 135 Å². The summed E-state index contributed by atoms with van der Waals surface area (Å²) >= 11 is 0. The largest absolute Gasteiger partial charge is 0.497 e. The molecule has 0 bridgehead atoms. The van der Waals surface area contributed by atoms with Crippen LogP contribution in [0.4, 0.5) is 4.79 Å². The number of nitrogens with one attached hydrogen (secondary N) is 1. The van der Waals surface area contributed by atoms with Crippen molar-refractivity contribution in [2.45, 2.75) is 0 Å². The topological polar surface area (TPSA) is 148 Å². The van der Waals surface area contributed by atoms with Gasteiger partial charge in [0.05, 0.1) is 12.5 Å². The average molecular weight is 353 g/mol.